The zero-order chi connectivity index (χ0) is 13.3. The summed E-state index contributed by atoms with van der Waals surface area (Å²) in [5.74, 6) is 1.72. The van der Waals surface area contributed by atoms with E-state index in [1.165, 1.54) is 19.3 Å². The molecule has 0 unspecified atom stereocenters. The first-order valence-electron chi connectivity index (χ1n) is 6.97. The van der Waals surface area contributed by atoms with Crippen LogP contribution in [-0.2, 0) is 0 Å². The lowest BCUT2D eigenvalue weighted by molar-refractivity contribution is 0.306. The molecule has 0 spiro atoms. The van der Waals surface area contributed by atoms with E-state index >= 15 is 0 Å². The van der Waals surface area contributed by atoms with Crippen LogP contribution in [0.4, 0.5) is 11.8 Å². The number of thiophene rings is 1. The van der Waals surface area contributed by atoms with E-state index < -0.39 is 0 Å². The third kappa shape index (κ3) is 2.52. The molecule has 1 fully saturated rings. The summed E-state index contributed by atoms with van der Waals surface area (Å²) < 4.78 is 0. The van der Waals surface area contributed by atoms with Crippen molar-refractivity contribution in [3.63, 3.8) is 0 Å². The van der Waals surface area contributed by atoms with Crippen LogP contribution in [0, 0.1) is 0 Å². The highest BCUT2D eigenvalue weighted by Gasteiger charge is 2.32. The number of hydrogen-bond acceptors (Lipinski definition) is 5. The normalized spacial score (nSPS) is 17.2. The van der Waals surface area contributed by atoms with E-state index in [-0.39, 0.29) is 5.54 Å². The van der Waals surface area contributed by atoms with Gasteiger partial charge in [0, 0.05) is 12.1 Å². The fourth-order valence-electron chi connectivity index (χ4n) is 2.38. The number of hydrogen-bond donors (Lipinski definition) is 2. The molecule has 1 aliphatic carbocycles. The Morgan fingerprint density at radius 3 is 2.89 bits per heavy atom. The molecule has 0 bridgehead atoms. The summed E-state index contributed by atoms with van der Waals surface area (Å²) >= 11 is 1.67. The summed E-state index contributed by atoms with van der Waals surface area (Å²) in [6, 6.07) is 2.11. The Balaban J connectivity index is 1.93. The summed E-state index contributed by atoms with van der Waals surface area (Å²) in [5.41, 5.74) is 0.214. The van der Waals surface area contributed by atoms with Crippen molar-refractivity contribution in [1.82, 2.24) is 9.97 Å². The van der Waals surface area contributed by atoms with Gasteiger partial charge in [-0.05, 0) is 44.1 Å². The van der Waals surface area contributed by atoms with Crippen molar-refractivity contribution < 1.29 is 0 Å². The number of fused-ring (bicyclic) bond motifs is 1. The van der Waals surface area contributed by atoms with Crippen LogP contribution in [0.15, 0.2) is 11.4 Å². The third-order valence-electron chi connectivity index (χ3n) is 3.74. The van der Waals surface area contributed by atoms with Crippen LogP contribution in [0.3, 0.4) is 0 Å². The quantitative estimate of drug-likeness (QED) is 0.870. The number of nitrogens with one attached hydrogen (secondary N) is 2. The van der Waals surface area contributed by atoms with Gasteiger partial charge in [-0.1, -0.05) is 6.92 Å². The molecule has 2 aromatic rings. The summed E-state index contributed by atoms with van der Waals surface area (Å²) in [4.78, 5) is 10.3. The molecule has 3 rings (SSSR count). The Morgan fingerprint density at radius 1 is 1.37 bits per heavy atom. The second kappa shape index (κ2) is 4.96. The van der Waals surface area contributed by atoms with Crippen molar-refractivity contribution in [3.05, 3.63) is 11.4 Å². The molecule has 2 N–H and O–H groups in total. The highest BCUT2D eigenvalue weighted by atomic mass is 32.1. The van der Waals surface area contributed by atoms with E-state index in [1.54, 1.807) is 11.3 Å². The highest BCUT2D eigenvalue weighted by molar-refractivity contribution is 7.16. The smallest absolute Gasteiger partial charge is 0.226 e. The van der Waals surface area contributed by atoms with Gasteiger partial charge in [-0.25, -0.2) is 4.98 Å². The summed E-state index contributed by atoms with van der Waals surface area (Å²) in [5, 5.41) is 10.1. The molecule has 0 atom stereocenters. The monoisotopic (exact) mass is 276 g/mol. The van der Waals surface area contributed by atoms with Crippen molar-refractivity contribution in [2.75, 3.05) is 17.2 Å². The van der Waals surface area contributed by atoms with E-state index in [9.17, 15) is 0 Å². The molecule has 0 amide bonds. The van der Waals surface area contributed by atoms with Gasteiger partial charge in [-0.15, -0.1) is 11.3 Å². The van der Waals surface area contributed by atoms with E-state index in [4.69, 9.17) is 0 Å². The minimum Gasteiger partial charge on any atom is -0.364 e. The molecular weight excluding hydrogens is 256 g/mol. The third-order valence-corrected chi connectivity index (χ3v) is 4.54. The van der Waals surface area contributed by atoms with Gasteiger partial charge >= 0.3 is 0 Å². The standard InChI is InChI=1S/C14H20N4S/c1-3-8-15-13-16-11(18-14(2)6-4-7-14)10-5-9-19-12(10)17-13/h5,9H,3-4,6-8H2,1-2H3,(H2,15,16,17,18). The lowest BCUT2D eigenvalue weighted by Gasteiger charge is -2.39. The van der Waals surface area contributed by atoms with Crippen LogP contribution in [0.5, 0.6) is 0 Å². The molecule has 0 aliphatic heterocycles. The topological polar surface area (TPSA) is 49.8 Å². The molecule has 2 aromatic heterocycles. The molecule has 102 valence electrons. The van der Waals surface area contributed by atoms with Crippen molar-refractivity contribution >= 4 is 33.3 Å². The molecule has 1 aliphatic rings. The van der Waals surface area contributed by atoms with Crippen molar-refractivity contribution in [2.24, 2.45) is 0 Å². The molecule has 0 radical (unpaired) electrons. The van der Waals surface area contributed by atoms with Crippen LogP contribution in [0.1, 0.15) is 39.5 Å². The average Bonchev–Trinajstić information content (AvgIpc) is 2.83. The Bertz CT molecular complexity index is 574. The van der Waals surface area contributed by atoms with Crippen LogP contribution in [-0.4, -0.2) is 22.1 Å². The van der Waals surface area contributed by atoms with Crippen LogP contribution >= 0.6 is 11.3 Å². The predicted molar refractivity (Wildman–Crippen MR) is 82.1 cm³/mol. The predicted octanol–water partition coefficient (Wildman–Crippen LogP) is 3.87. The number of nitrogens with zero attached hydrogens (tertiary/aromatic N) is 2. The highest BCUT2D eigenvalue weighted by Crippen LogP contribution is 2.36. The van der Waals surface area contributed by atoms with E-state index in [1.807, 2.05) is 0 Å². The first kappa shape index (κ1) is 12.7. The van der Waals surface area contributed by atoms with Gasteiger partial charge in [0.15, 0.2) is 0 Å². The second-order valence-electron chi connectivity index (χ2n) is 5.50. The van der Waals surface area contributed by atoms with Gasteiger partial charge in [0.2, 0.25) is 5.95 Å². The lowest BCUT2D eigenvalue weighted by Crippen LogP contribution is -2.42. The van der Waals surface area contributed by atoms with E-state index in [0.717, 1.165) is 34.9 Å². The summed E-state index contributed by atoms with van der Waals surface area (Å²) in [6.07, 6.45) is 4.83. The Hall–Kier alpha value is -1.36. The molecule has 19 heavy (non-hydrogen) atoms. The van der Waals surface area contributed by atoms with Crippen molar-refractivity contribution in [3.8, 4) is 0 Å². The largest absolute Gasteiger partial charge is 0.364 e. The molecule has 0 aromatic carbocycles. The first-order valence-corrected chi connectivity index (χ1v) is 7.85. The van der Waals surface area contributed by atoms with Crippen LogP contribution in [0.2, 0.25) is 0 Å². The average molecular weight is 276 g/mol. The summed E-state index contributed by atoms with van der Waals surface area (Å²) in [6.45, 7) is 5.33. The van der Waals surface area contributed by atoms with Crippen LogP contribution < -0.4 is 10.6 Å². The number of rotatable bonds is 5. The Kier molecular flexibility index (Phi) is 3.31. The van der Waals surface area contributed by atoms with E-state index in [0.29, 0.717) is 0 Å². The lowest BCUT2D eigenvalue weighted by atomic mass is 9.78. The maximum Gasteiger partial charge on any atom is 0.226 e. The first-order chi connectivity index (χ1) is 9.20. The maximum absolute atomic E-state index is 4.65. The Morgan fingerprint density at radius 2 is 2.21 bits per heavy atom. The molecule has 2 heterocycles. The SMILES string of the molecule is CCCNc1nc(NC2(C)CCC2)c2ccsc2n1. The molecule has 5 heteroatoms. The van der Waals surface area contributed by atoms with Gasteiger partial charge in [0.05, 0.1) is 5.39 Å². The minimum absolute atomic E-state index is 0.214. The zero-order valence-electron chi connectivity index (χ0n) is 11.5. The molecule has 1 saturated carbocycles. The molecular formula is C14H20N4S. The minimum atomic E-state index is 0.214. The van der Waals surface area contributed by atoms with Gasteiger partial charge < -0.3 is 10.6 Å². The van der Waals surface area contributed by atoms with Gasteiger partial charge in [-0.3, -0.25) is 0 Å². The van der Waals surface area contributed by atoms with Gasteiger partial charge in [0.25, 0.3) is 0 Å². The van der Waals surface area contributed by atoms with Gasteiger partial charge in [-0.2, -0.15) is 4.98 Å². The zero-order valence-corrected chi connectivity index (χ0v) is 12.3. The maximum atomic E-state index is 4.65. The Labute approximate surface area is 117 Å². The van der Waals surface area contributed by atoms with E-state index in [2.05, 4.69) is 45.9 Å². The molecule has 4 nitrogen and oxygen atoms in total. The van der Waals surface area contributed by atoms with Gasteiger partial charge in [0.1, 0.15) is 10.6 Å². The fourth-order valence-corrected chi connectivity index (χ4v) is 3.15. The number of anilines is 2. The summed E-state index contributed by atoms with van der Waals surface area (Å²) in [7, 11) is 0. The molecule has 0 saturated heterocycles. The van der Waals surface area contributed by atoms with Crippen molar-refractivity contribution in [1.29, 1.82) is 0 Å². The fraction of sp³-hybridized carbons (Fsp3) is 0.571. The van der Waals surface area contributed by atoms with Crippen molar-refractivity contribution in [2.45, 2.75) is 45.1 Å². The van der Waals surface area contributed by atoms with Crippen LogP contribution in [0.25, 0.3) is 10.2 Å². The number of aromatic nitrogens is 2. The second-order valence-corrected chi connectivity index (χ2v) is 6.40.